The van der Waals surface area contributed by atoms with Crippen LogP contribution < -0.4 is 15.5 Å². The molecule has 0 fully saturated rings. The smallest absolute Gasteiger partial charge is 0.471 e. The zero-order valence-corrected chi connectivity index (χ0v) is 15.5. The van der Waals surface area contributed by atoms with Crippen LogP contribution in [0.1, 0.15) is 22.8 Å². The SMILES string of the molecule is COc1ccc(Cl)cc1C(=O)N/N=C(\C)c1ccc(NC(=O)C(F)(F)F)cc1. The quantitative estimate of drug-likeness (QED) is 0.574. The van der Waals surface area contributed by atoms with Crippen molar-refractivity contribution < 1.29 is 27.5 Å². The van der Waals surface area contributed by atoms with Gasteiger partial charge >= 0.3 is 12.1 Å². The summed E-state index contributed by atoms with van der Waals surface area (Å²) >= 11 is 5.88. The van der Waals surface area contributed by atoms with Gasteiger partial charge in [0.2, 0.25) is 0 Å². The highest BCUT2D eigenvalue weighted by molar-refractivity contribution is 6.31. The fourth-order valence-electron chi connectivity index (χ4n) is 2.11. The fraction of sp³-hybridized carbons (Fsp3) is 0.167. The highest BCUT2D eigenvalue weighted by atomic mass is 35.5. The van der Waals surface area contributed by atoms with Gasteiger partial charge in [0.15, 0.2) is 0 Å². The summed E-state index contributed by atoms with van der Waals surface area (Å²) in [6, 6.07) is 10.0. The molecule has 0 spiro atoms. The highest BCUT2D eigenvalue weighted by Crippen LogP contribution is 2.22. The number of carbonyl (C=O) groups excluding carboxylic acids is 2. The molecule has 2 aromatic carbocycles. The average Bonchev–Trinajstić information content (AvgIpc) is 2.65. The van der Waals surface area contributed by atoms with Gasteiger partial charge in [-0.15, -0.1) is 0 Å². The second-order valence-electron chi connectivity index (χ2n) is 5.51. The van der Waals surface area contributed by atoms with Crippen molar-refractivity contribution in [2.75, 3.05) is 12.4 Å². The van der Waals surface area contributed by atoms with Gasteiger partial charge in [0.05, 0.1) is 18.4 Å². The predicted octanol–water partition coefficient (Wildman–Crippen LogP) is 4.00. The Morgan fingerprint density at radius 2 is 1.75 bits per heavy atom. The Morgan fingerprint density at radius 3 is 2.32 bits per heavy atom. The molecule has 0 saturated heterocycles. The van der Waals surface area contributed by atoms with Crippen molar-refractivity contribution in [3.8, 4) is 5.75 Å². The minimum absolute atomic E-state index is 0.0217. The summed E-state index contributed by atoms with van der Waals surface area (Å²) in [6.07, 6.45) is -4.97. The minimum atomic E-state index is -4.97. The number of halogens is 4. The number of alkyl halides is 3. The molecule has 0 saturated carbocycles. The molecule has 28 heavy (non-hydrogen) atoms. The molecule has 2 rings (SSSR count). The van der Waals surface area contributed by atoms with Crippen LogP contribution in [0.15, 0.2) is 47.6 Å². The first-order valence-electron chi connectivity index (χ1n) is 7.78. The highest BCUT2D eigenvalue weighted by Gasteiger charge is 2.38. The van der Waals surface area contributed by atoms with Gasteiger partial charge in [-0.05, 0) is 42.8 Å². The van der Waals surface area contributed by atoms with E-state index in [0.717, 1.165) is 0 Å². The lowest BCUT2D eigenvalue weighted by Gasteiger charge is -2.09. The van der Waals surface area contributed by atoms with E-state index in [2.05, 4.69) is 10.5 Å². The van der Waals surface area contributed by atoms with Crippen LogP contribution in [0.2, 0.25) is 5.02 Å². The molecule has 0 aliphatic rings. The molecule has 2 aromatic rings. The van der Waals surface area contributed by atoms with Crippen LogP contribution in [0.25, 0.3) is 0 Å². The third-order valence-corrected chi connectivity index (χ3v) is 3.78. The van der Waals surface area contributed by atoms with Crippen molar-refractivity contribution in [2.24, 2.45) is 5.10 Å². The normalized spacial score (nSPS) is 11.7. The van der Waals surface area contributed by atoms with E-state index in [-0.39, 0.29) is 11.3 Å². The molecule has 0 heterocycles. The fourth-order valence-corrected chi connectivity index (χ4v) is 2.29. The van der Waals surface area contributed by atoms with E-state index in [4.69, 9.17) is 16.3 Å². The van der Waals surface area contributed by atoms with Gasteiger partial charge in [-0.2, -0.15) is 18.3 Å². The van der Waals surface area contributed by atoms with E-state index in [1.807, 2.05) is 0 Å². The third-order valence-electron chi connectivity index (χ3n) is 3.55. The number of ether oxygens (including phenoxy) is 1. The standard InChI is InChI=1S/C18H15ClF3N3O3/c1-10(11-3-6-13(7-4-11)23-17(27)18(20,21)22)24-25-16(26)14-9-12(19)5-8-15(14)28-2/h3-9H,1-2H3,(H,23,27)(H,25,26)/b24-10+. The zero-order chi connectivity index (χ0) is 20.9. The summed E-state index contributed by atoms with van der Waals surface area (Å²) in [5, 5.41) is 6.04. The molecular weight excluding hydrogens is 399 g/mol. The van der Waals surface area contributed by atoms with Crippen molar-refractivity contribution in [1.82, 2.24) is 5.43 Å². The number of anilines is 1. The minimum Gasteiger partial charge on any atom is -0.496 e. The van der Waals surface area contributed by atoms with E-state index in [9.17, 15) is 22.8 Å². The number of nitrogens with one attached hydrogen (secondary N) is 2. The number of carbonyl (C=O) groups is 2. The molecule has 0 aliphatic carbocycles. The van der Waals surface area contributed by atoms with Gasteiger partial charge in [-0.3, -0.25) is 9.59 Å². The zero-order valence-electron chi connectivity index (χ0n) is 14.7. The number of amides is 2. The van der Waals surface area contributed by atoms with Crippen LogP contribution >= 0.6 is 11.6 Å². The first kappa shape index (κ1) is 21.2. The van der Waals surface area contributed by atoms with Crippen LogP contribution in [0, 0.1) is 0 Å². The first-order chi connectivity index (χ1) is 13.1. The Labute approximate surface area is 163 Å². The maximum absolute atomic E-state index is 12.3. The van der Waals surface area contributed by atoms with Gasteiger partial charge < -0.3 is 10.1 Å². The molecular formula is C18H15ClF3N3O3. The van der Waals surface area contributed by atoms with Crippen molar-refractivity contribution in [2.45, 2.75) is 13.1 Å². The van der Waals surface area contributed by atoms with Crippen LogP contribution in [0.4, 0.5) is 18.9 Å². The van der Waals surface area contributed by atoms with E-state index in [0.29, 0.717) is 22.0 Å². The Hall–Kier alpha value is -3.07. The lowest BCUT2D eigenvalue weighted by molar-refractivity contribution is -0.167. The molecule has 148 valence electrons. The van der Waals surface area contributed by atoms with E-state index < -0.39 is 18.0 Å². The molecule has 0 aromatic heterocycles. The summed E-state index contributed by atoms with van der Waals surface area (Å²) < 4.78 is 41.8. The number of benzene rings is 2. The largest absolute Gasteiger partial charge is 0.496 e. The summed E-state index contributed by atoms with van der Waals surface area (Å²) in [5.74, 6) is -2.29. The Bertz CT molecular complexity index is 913. The summed E-state index contributed by atoms with van der Waals surface area (Å²) in [7, 11) is 1.41. The van der Waals surface area contributed by atoms with Crippen molar-refractivity contribution >= 4 is 34.8 Å². The van der Waals surface area contributed by atoms with Crippen LogP contribution in [0.3, 0.4) is 0 Å². The Morgan fingerprint density at radius 1 is 1.11 bits per heavy atom. The third kappa shape index (κ3) is 5.46. The molecule has 2 amide bonds. The lowest BCUT2D eigenvalue weighted by Crippen LogP contribution is -2.29. The number of rotatable bonds is 5. The maximum atomic E-state index is 12.3. The van der Waals surface area contributed by atoms with Crippen LogP contribution in [0.5, 0.6) is 5.75 Å². The van der Waals surface area contributed by atoms with E-state index >= 15 is 0 Å². The molecule has 6 nitrogen and oxygen atoms in total. The van der Waals surface area contributed by atoms with Crippen molar-refractivity contribution in [3.05, 3.63) is 58.6 Å². The van der Waals surface area contributed by atoms with Gasteiger partial charge in [-0.1, -0.05) is 23.7 Å². The first-order valence-corrected chi connectivity index (χ1v) is 8.16. The van der Waals surface area contributed by atoms with Gasteiger partial charge in [0.25, 0.3) is 5.91 Å². The van der Waals surface area contributed by atoms with Crippen LogP contribution in [-0.2, 0) is 4.79 Å². The second kappa shape index (κ2) is 8.75. The number of hydrogen-bond acceptors (Lipinski definition) is 4. The van der Waals surface area contributed by atoms with Gasteiger partial charge in [-0.25, -0.2) is 5.43 Å². The number of hydrazone groups is 1. The molecule has 0 bridgehead atoms. The number of methoxy groups -OCH3 is 1. The molecule has 0 unspecified atom stereocenters. The second-order valence-corrected chi connectivity index (χ2v) is 5.95. The van der Waals surface area contributed by atoms with Crippen molar-refractivity contribution in [1.29, 1.82) is 0 Å². The summed E-state index contributed by atoms with van der Waals surface area (Å²) in [4.78, 5) is 23.2. The molecule has 2 N–H and O–H groups in total. The maximum Gasteiger partial charge on any atom is 0.471 e. The van der Waals surface area contributed by atoms with Gasteiger partial charge in [0.1, 0.15) is 5.75 Å². The number of hydrogen-bond donors (Lipinski definition) is 2. The topological polar surface area (TPSA) is 79.8 Å². The molecule has 10 heteroatoms. The van der Waals surface area contributed by atoms with E-state index in [1.54, 1.807) is 24.4 Å². The lowest BCUT2D eigenvalue weighted by atomic mass is 10.1. The molecule has 0 aliphatic heterocycles. The summed E-state index contributed by atoms with van der Waals surface area (Å²) in [5.41, 5.74) is 3.45. The van der Waals surface area contributed by atoms with Crippen molar-refractivity contribution in [3.63, 3.8) is 0 Å². The van der Waals surface area contributed by atoms with Crippen LogP contribution in [-0.4, -0.2) is 30.8 Å². The van der Waals surface area contributed by atoms with Gasteiger partial charge in [0, 0.05) is 10.7 Å². The molecule has 0 radical (unpaired) electrons. The predicted molar refractivity (Wildman–Crippen MR) is 98.8 cm³/mol. The Kier molecular flexibility index (Phi) is 6.63. The Balaban J connectivity index is 2.08. The summed E-state index contributed by atoms with van der Waals surface area (Å²) in [6.45, 7) is 1.60. The monoisotopic (exact) mass is 413 g/mol. The number of nitrogens with zero attached hydrogens (tertiary/aromatic N) is 1. The molecule has 0 atom stereocenters. The average molecular weight is 414 g/mol. The van der Waals surface area contributed by atoms with E-state index in [1.165, 1.54) is 37.4 Å².